The van der Waals surface area contributed by atoms with Crippen LogP contribution >= 0.6 is 11.8 Å². The number of hydrogen-bond donors (Lipinski definition) is 0. The minimum Gasteiger partial charge on any atom is -0.497 e. The Morgan fingerprint density at radius 3 is 2.55 bits per heavy atom. The van der Waals surface area contributed by atoms with Crippen molar-refractivity contribution in [2.24, 2.45) is 0 Å². The van der Waals surface area contributed by atoms with Crippen molar-refractivity contribution in [1.82, 2.24) is 14.8 Å². The van der Waals surface area contributed by atoms with Gasteiger partial charge in [-0.1, -0.05) is 11.8 Å². The normalized spacial score (nSPS) is 14.2. The number of thioether (sulfide) groups is 1. The van der Waals surface area contributed by atoms with E-state index in [-0.39, 0.29) is 0 Å². The van der Waals surface area contributed by atoms with E-state index in [1.54, 1.807) is 25.1 Å². The van der Waals surface area contributed by atoms with E-state index >= 15 is 0 Å². The number of hydrogen-bond acceptors (Lipinski definition) is 7. The van der Waals surface area contributed by atoms with Gasteiger partial charge in [0.25, 0.3) is 0 Å². The Balaban J connectivity index is 1.39. The number of piperidine rings is 1. The smallest absolute Gasteiger partial charge is 0.228 e. The molecule has 0 N–H and O–H groups in total. The summed E-state index contributed by atoms with van der Waals surface area (Å²) in [5, 5.41) is 9.85. The van der Waals surface area contributed by atoms with Crippen LogP contribution in [0.15, 0.2) is 52.2 Å². The van der Waals surface area contributed by atoms with Gasteiger partial charge in [-0.05, 0) is 55.7 Å². The van der Waals surface area contributed by atoms with Crippen molar-refractivity contribution in [3.8, 4) is 11.5 Å². The van der Waals surface area contributed by atoms with E-state index in [0.717, 1.165) is 47.2 Å². The first kappa shape index (κ1) is 19.7. The molecule has 1 fully saturated rings. The first-order chi connectivity index (χ1) is 14.3. The molecule has 0 aliphatic carbocycles. The van der Waals surface area contributed by atoms with Gasteiger partial charge < -0.3 is 18.8 Å². The number of ether oxygens (including phenoxy) is 2. The Hall–Kier alpha value is -2.61. The number of methoxy groups -OCH3 is 1. The first-order valence-electron chi connectivity index (χ1n) is 9.93. The van der Waals surface area contributed by atoms with Crippen molar-refractivity contribution >= 4 is 17.7 Å². The zero-order valence-electron chi connectivity index (χ0n) is 16.6. The summed E-state index contributed by atoms with van der Waals surface area (Å²) in [6.07, 6.45) is 5.39. The van der Waals surface area contributed by atoms with E-state index < -0.39 is 0 Å². The fraction of sp³-hybridized carbons (Fsp3) is 0.429. The van der Waals surface area contributed by atoms with Gasteiger partial charge in [0.05, 0.1) is 26.5 Å². The molecule has 0 amide bonds. The largest absolute Gasteiger partial charge is 0.497 e. The third-order valence-corrected chi connectivity index (χ3v) is 5.80. The van der Waals surface area contributed by atoms with Gasteiger partial charge >= 0.3 is 0 Å². The van der Waals surface area contributed by atoms with Crippen LogP contribution in [0.3, 0.4) is 0 Å². The molecule has 1 saturated heterocycles. The molecule has 0 spiro atoms. The van der Waals surface area contributed by atoms with Crippen LogP contribution in [0.5, 0.6) is 11.5 Å². The molecule has 2 aromatic heterocycles. The zero-order chi connectivity index (χ0) is 19.9. The fourth-order valence-corrected chi connectivity index (χ4v) is 4.13. The Bertz CT molecular complexity index is 874. The summed E-state index contributed by atoms with van der Waals surface area (Å²) in [6.45, 7) is 3.28. The Morgan fingerprint density at radius 1 is 1.03 bits per heavy atom. The predicted molar refractivity (Wildman–Crippen MR) is 113 cm³/mol. The lowest BCUT2D eigenvalue weighted by Gasteiger charge is -2.27. The van der Waals surface area contributed by atoms with Crippen molar-refractivity contribution in [3.63, 3.8) is 0 Å². The van der Waals surface area contributed by atoms with Crippen molar-refractivity contribution < 1.29 is 13.9 Å². The average molecular weight is 415 g/mol. The maximum Gasteiger partial charge on any atom is 0.228 e. The average Bonchev–Trinajstić information content (AvgIpc) is 3.43. The maximum atomic E-state index is 5.83. The Morgan fingerprint density at radius 2 is 1.83 bits per heavy atom. The quantitative estimate of drug-likeness (QED) is 0.386. The van der Waals surface area contributed by atoms with E-state index in [0.29, 0.717) is 13.2 Å². The Labute approximate surface area is 175 Å². The minimum absolute atomic E-state index is 0.587. The molecule has 8 heteroatoms. The molecule has 29 heavy (non-hydrogen) atoms. The van der Waals surface area contributed by atoms with E-state index in [1.165, 1.54) is 19.3 Å². The van der Waals surface area contributed by atoms with Crippen LogP contribution in [0.2, 0.25) is 0 Å². The van der Waals surface area contributed by atoms with Gasteiger partial charge in [0, 0.05) is 18.8 Å². The lowest BCUT2D eigenvalue weighted by Crippen LogP contribution is -2.32. The molecule has 0 radical (unpaired) electrons. The topological polar surface area (TPSA) is 65.6 Å². The molecule has 0 bridgehead atoms. The molecule has 0 unspecified atom stereocenters. The molecule has 0 saturated carbocycles. The van der Waals surface area contributed by atoms with Gasteiger partial charge in [0.1, 0.15) is 17.3 Å². The third kappa shape index (κ3) is 5.06. The zero-order valence-corrected chi connectivity index (χ0v) is 17.4. The van der Waals surface area contributed by atoms with E-state index in [1.807, 2.05) is 36.4 Å². The molecule has 0 atom stereocenters. The summed E-state index contributed by atoms with van der Waals surface area (Å²) in [5.41, 5.74) is 0. The summed E-state index contributed by atoms with van der Waals surface area (Å²) in [5.74, 6) is 4.27. The Kier molecular flexibility index (Phi) is 6.61. The van der Waals surface area contributed by atoms with Crippen LogP contribution in [0.4, 0.5) is 5.95 Å². The van der Waals surface area contributed by atoms with Crippen LogP contribution < -0.4 is 14.4 Å². The molecule has 1 aromatic carbocycles. The molecule has 1 aliphatic heterocycles. The summed E-state index contributed by atoms with van der Waals surface area (Å²) in [4.78, 5) is 2.33. The SMILES string of the molecule is COc1ccc(OCCSc2nnc(N3CCCCC3)n2Cc2ccco2)cc1. The monoisotopic (exact) mass is 414 g/mol. The molecule has 3 aromatic rings. The number of nitrogens with zero attached hydrogens (tertiary/aromatic N) is 4. The molecule has 4 rings (SSSR count). The molecule has 1 aliphatic rings. The molecular weight excluding hydrogens is 388 g/mol. The van der Waals surface area contributed by atoms with Crippen LogP contribution in [-0.2, 0) is 6.54 Å². The number of anilines is 1. The van der Waals surface area contributed by atoms with E-state index in [9.17, 15) is 0 Å². The lowest BCUT2D eigenvalue weighted by molar-refractivity contribution is 0.342. The van der Waals surface area contributed by atoms with E-state index in [2.05, 4.69) is 19.7 Å². The van der Waals surface area contributed by atoms with E-state index in [4.69, 9.17) is 13.9 Å². The van der Waals surface area contributed by atoms with Gasteiger partial charge in [0.2, 0.25) is 5.95 Å². The van der Waals surface area contributed by atoms with Crippen LogP contribution in [0, 0.1) is 0 Å². The highest BCUT2D eigenvalue weighted by molar-refractivity contribution is 7.99. The highest BCUT2D eigenvalue weighted by Gasteiger charge is 2.21. The second-order valence-electron chi connectivity index (χ2n) is 6.87. The second kappa shape index (κ2) is 9.73. The highest BCUT2D eigenvalue weighted by Crippen LogP contribution is 2.26. The fourth-order valence-electron chi connectivity index (χ4n) is 3.38. The summed E-state index contributed by atoms with van der Waals surface area (Å²) < 4.78 is 18.7. The summed E-state index contributed by atoms with van der Waals surface area (Å²) >= 11 is 1.65. The summed E-state index contributed by atoms with van der Waals surface area (Å²) in [7, 11) is 1.66. The van der Waals surface area contributed by atoms with Crippen molar-refractivity contribution in [1.29, 1.82) is 0 Å². The van der Waals surface area contributed by atoms with Crippen LogP contribution in [-0.4, -0.2) is 47.3 Å². The number of benzene rings is 1. The maximum absolute atomic E-state index is 5.83. The molecule has 154 valence electrons. The summed E-state index contributed by atoms with van der Waals surface area (Å²) in [6, 6.07) is 11.5. The van der Waals surface area contributed by atoms with Crippen LogP contribution in [0.25, 0.3) is 0 Å². The number of aromatic nitrogens is 3. The van der Waals surface area contributed by atoms with Crippen molar-refractivity contribution in [2.75, 3.05) is 37.5 Å². The molecule has 3 heterocycles. The highest BCUT2D eigenvalue weighted by atomic mass is 32.2. The van der Waals surface area contributed by atoms with Gasteiger partial charge in [-0.15, -0.1) is 10.2 Å². The minimum atomic E-state index is 0.587. The van der Waals surface area contributed by atoms with Gasteiger partial charge in [0.15, 0.2) is 5.16 Å². The van der Waals surface area contributed by atoms with Gasteiger partial charge in [-0.3, -0.25) is 4.57 Å². The predicted octanol–water partition coefficient (Wildman–Crippen LogP) is 4.09. The van der Waals surface area contributed by atoms with Crippen LogP contribution in [0.1, 0.15) is 25.0 Å². The van der Waals surface area contributed by atoms with Crippen molar-refractivity contribution in [3.05, 3.63) is 48.4 Å². The second-order valence-corrected chi connectivity index (χ2v) is 7.93. The lowest BCUT2D eigenvalue weighted by atomic mass is 10.1. The molecule has 7 nitrogen and oxygen atoms in total. The van der Waals surface area contributed by atoms with Gasteiger partial charge in [-0.2, -0.15) is 0 Å². The number of furan rings is 1. The van der Waals surface area contributed by atoms with Gasteiger partial charge in [-0.25, -0.2) is 0 Å². The first-order valence-corrected chi connectivity index (χ1v) is 10.9. The standard InChI is InChI=1S/C21H26N4O3S/c1-26-17-7-9-18(10-8-17)28-14-15-29-21-23-22-20(24-11-3-2-4-12-24)25(21)16-19-6-5-13-27-19/h5-10,13H,2-4,11-12,14-16H2,1H3. The number of rotatable bonds is 9. The molecular formula is C21H26N4O3S. The third-order valence-electron chi connectivity index (χ3n) is 4.87. The van der Waals surface area contributed by atoms with Crippen molar-refractivity contribution in [2.45, 2.75) is 31.0 Å².